The Morgan fingerprint density at radius 1 is 0.686 bits per heavy atom. The number of hydrogen-bond donors (Lipinski definition) is 3. The largest absolute Gasteiger partial charge is 0.323 e. The number of benzene rings is 4. The monoisotopic (exact) mass is 521 g/mol. The Kier molecular flexibility index (Phi) is 8.32. The maximum absolute atomic E-state index is 13.3. The average Bonchev–Trinajstić information content (AvgIpc) is 2.86. The first-order valence-electron chi connectivity index (χ1n) is 10.7. The summed E-state index contributed by atoms with van der Waals surface area (Å²) >= 11 is 13.6. The molecule has 0 bridgehead atoms. The van der Waals surface area contributed by atoms with Crippen LogP contribution in [0, 0.1) is 0 Å². The van der Waals surface area contributed by atoms with Crippen molar-refractivity contribution in [2.24, 2.45) is 0 Å². The number of urea groups is 1. The number of nitrogens with one attached hydrogen (secondary N) is 3. The van der Waals surface area contributed by atoms with Crippen LogP contribution in [0.1, 0.15) is 10.8 Å². The van der Waals surface area contributed by atoms with E-state index in [1.165, 1.54) is 11.8 Å². The Morgan fingerprint density at radius 3 is 1.91 bits per heavy atom. The van der Waals surface area contributed by atoms with Gasteiger partial charge in [0.15, 0.2) is 0 Å². The molecule has 8 heteroatoms. The quantitative estimate of drug-likeness (QED) is 0.215. The van der Waals surface area contributed by atoms with Crippen LogP contribution in [0.25, 0.3) is 0 Å². The molecule has 0 heterocycles. The highest BCUT2D eigenvalue weighted by Crippen LogP contribution is 2.37. The topological polar surface area (TPSA) is 70.2 Å². The lowest BCUT2D eigenvalue weighted by Gasteiger charge is -2.18. The summed E-state index contributed by atoms with van der Waals surface area (Å²) in [6.07, 6.45) is 0. The molecule has 1 atom stereocenters. The van der Waals surface area contributed by atoms with Crippen molar-refractivity contribution < 1.29 is 9.59 Å². The number of amides is 3. The minimum Gasteiger partial charge on any atom is -0.323 e. The van der Waals surface area contributed by atoms with Gasteiger partial charge in [0.05, 0.1) is 10.7 Å². The molecule has 0 saturated heterocycles. The van der Waals surface area contributed by atoms with Crippen LogP contribution < -0.4 is 16.0 Å². The van der Waals surface area contributed by atoms with Crippen LogP contribution in [0.2, 0.25) is 10.0 Å². The summed E-state index contributed by atoms with van der Waals surface area (Å²) in [5.41, 5.74) is 2.68. The maximum atomic E-state index is 13.3. The Balaban J connectivity index is 1.46. The molecule has 1 unspecified atom stereocenters. The SMILES string of the molecule is O=C(Nc1ccccc1)Nc1ccc(SC(C(=O)Nc2ccc(Cl)cc2Cl)c2ccccc2)cc1. The molecule has 176 valence electrons. The van der Waals surface area contributed by atoms with E-state index >= 15 is 0 Å². The lowest BCUT2D eigenvalue weighted by Crippen LogP contribution is -2.19. The van der Waals surface area contributed by atoms with Gasteiger partial charge in [0.2, 0.25) is 5.91 Å². The summed E-state index contributed by atoms with van der Waals surface area (Å²) < 4.78 is 0. The molecule has 0 spiro atoms. The van der Waals surface area contributed by atoms with E-state index in [0.29, 0.717) is 27.1 Å². The minimum absolute atomic E-state index is 0.213. The zero-order valence-electron chi connectivity index (χ0n) is 18.4. The molecule has 0 aliphatic heterocycles. The third kappa shape index (κ3) is 7.02. The van der Waals surface area contributed by atoms with Gasteiger partial charge in [-0.15, -0.1) is 11.8 Å². The Labute approximate surface area is 217 Å². The van der Waals surface area contributed by atoms with Gasteiger partial charge >= 0.3 is 6.03 Å². The van der Waals surface area contributed by atoms with Gasteiger partial charge in [-0.05, 0) is 60.2 Å². The lowest BCUT2D eigenvalue weighted by atomic mass is 10.1. The fourth-order valence-corrected chi connectivity index (χ4v) is 4.74. The molecule has 0 aromatic heterocycles. The molecule has 0 saturated carbocycles. The van der Waals surface area contributed by atoms with Crippen molar-refractivity contribution in [3.05, 3.63) is 119 Å². The number of carbonyl (C=O) groups is 2. The van der Waals surface area contributed by atoms with Crippen molar-refractivity contribution in [3.8, 4) is 0 Å². The first-order valence-corrected chi connectivity index (χ1v) is 12.3. The number of anilines is 3. The first-order chi connectivity index (χ1) is 17.0. The summed E-state index contributed by atoms with van der Waals surface area (Å²) in [5, 5.41) is 8.82. The van der Waals surface area contributed by atoms with Gasteiger partial charge in [-0.1, -0.05) is 71.7 Å². The van der Waals surface area contributed by atoms with E-state index in [2.05, 4.69) is 16.0 Å². The highest BCUT2D eigenvalue weighted by molar-refractivity contribution is 8.00. The molecule has 4 aromatic rings. The molecular formula is C27H21Cl2N3O2S. The maximum Gasteiger partial charge on any atom is 0.323 e. The van der Waals surface area contributed by atoms with Crippen molar-refractivity contribution in [2.75, 3.05) is 16.0 Å². The van der Waals surface area contributed by atoms with E-state index < -0.39 is 5.25 Å². The Morgan fingerprint density at radius 2 is 1.29 bits per heavy atom. The summed E-state index contributed by atoms with van der Waals surface area (Å²) in [7, 11) is 0. The number of halogens is 2. The molecule has 3 amide bonds. The summed E-state index contributed by atoms with van der Waals surface area (Å²) in [6, 6.07) is 30.6. The van der Waals surface area contributed by atoms with E-state index in [-0.39, 0.29) is 11.9 Å². The van der Waals surface area contributed by atoms with Gasteiger partial charge in [0.25, 0.3) is 0 Å². The highest BCUT2D eigenvalue weighted by Gasteiger charge is 2.23. The third-order valence-corrected chi connectivity index (χ3v) is 6.74. The number of rotatable bonds is 7. The highest BCUT2D eigenvalue weighted by atomic mass is 35.5. The van der Waals surface area contributed by atoms with Crippen LogP contribution in [-0.2, 0) is 4.79 Å². The molecular weight excluding hydrogens is 501 g/mol. The van der Waals surface area contributed by atoms with Gasteiger partial charge in [-0.25, -0.2) is 4.79 Å². The van der Waals surface area contributed by atoms with Crippen LogP contribution in [0.5, 0.6) is 0 Å². The lowest BCUT2D eigenvalue weighted by molar-refractivity contribution is -0.115. The molecule has 0 aliphatic carbocycles. The number of hydrogen-bond acceptors (Lipinski definition) is 3. The van der Waals surface area contributed by atoms with Gasteiger partial charge in [-0.3, -0.25) is 4.79 Å². The molecule has 4 aromatic carbocycles. The normalized spacial score (nSPS) is 11.4. The van der Waals surface area contributed by atoms with Crippen LogP contribution in [0.4, 0.5) is 21.9 Å². The predicted octanol–water partition coefficient (Wildman–Crippen LogP) is 8.11. The molecule has 0 aliphatic rings. The first kappa shape index (κ1) is 24.7. The zero-order chi connectivity index (χ0) is 24.6. The summed E-state index contributed by atoms with van der Waals surface area (Å²) in [4.78, 5) is 26.4. The number of para-hydroxylation sites is 1. The second kappa shape index (κ2) is 11.8. The number of carbonyl (C=O) groups excluding carboxylic acids is 2. The fourth-order valence-electron chi connectivity index (χ4n) is 3.26. The molecule has 4 rings (SSSR count). The third-order valence-electron chi connectivity index (χ3n) is 4.93. The van der Waals surface area contributed by atoms with Crippen molar-refractivity contribution >= 4 is 64.0 Å². The molecule has 5 nitrogen and oxygen atoms in total. The van der Waals surface area contributed by atoms with Crippen LogP contribution in [0.15, 0.2) is 108 Å². The second-order valence-electron chi connectivity index (χ2n) is 7.49. The zero-order valence-corrected chi connectivity index (χ0v) is 20.7. The van der Waals surface area contributed by atoms with E-state index in [1.807, 2.05) is 72.8 Å². The molecule has 0 fully saturated rings. The smallest absolute Gasteiger partial charge is 0.323 e. The fraction of sp³-hybridized carbons (Fsp3) is 0.0370. The minimum atomic E-state index is -0.525. The van der Waals surface area contributed by atoms with E-state index in [9.17, 15) is 9.59 Å². The Bertz CT molecular complexity index is 1300. The molecule has 0 radical (unpaired) electrons. The van der Waals surface area contributed by atoms with E-state index in [4.69, 9.17) is 23.2 Å². The van der Waals surface area contributed by atoms with Crippen molar-refractivity contribution in [1.29, 1.82) is 0 Å². The Hall–Kier alpha value is -3.45. The molecule has 3 N–H and O–H groups in total. The van der Waals surface area contributed by atoms with Gasteiger partial charge in [-0.2, -0.15) is 0 Å². The molecule has 35 heavy (non-hydrogen) atoms. The predicted molar refractivity (Wildman–Crippen MR) is 146 cm³/mol. The van der Waals surface area contributed by atoms with E-state index in [0.717, 1.165) is 10.5 Å². The van der Waals surface area contributed by atoms with Crippen molar-refractivity contribution in [2.45, 2.75) is 10.1 Å². The standard InChI is InChI=1S/C27H21Cl2N3O2S/c28-19-11-16-24(23(29)17-19)32-26(33)25(18-7-3-1-4-8-18)35-22-14-12-21(13-15-22)31-27(34)30-20-9-5-2-6-10-20/h1-17,25H,(H,32,33)(H2,30,31,34). The van der Waals surface area contributed by atoms with Crippen LogP contribution in [0.3, 0.4) is 0 Å². The summed E-state index contributed by atoms with van der Waals surface area (Å²) in [5.74, 6) is -0.213. The van der Waals surface area contributed by atoms with Gasteiger partial charge < -0.3 is 16.0 Å². The summed E-state index contributed by atoms with van der Waals surface area (Å²) in [6.45, 7) is 0. The second-order valence-corrected chi connectivity index (χ2v) is 9.51. The number of thioether (sulfide) groups is 1. The van der Waals surface area contributed by atoms with Crippen LogP contribution in [-0.4, -0.2) is 11.9 Å². The van der Waals surface area contributed by atoms with Gasteiger partial charge in [0, 0.05) is 21.3 Å². The van der Waals surface area contributed by atoms with Crippen LogP contribution >= 0.6 is 35.0 Å². The average molecular weight is 522 g/mol. The van der Waals surface area contributed by atoms with Crippen molar-refractivity contribution in [1.82, 2.24) is 0 Å². The van der Waals surface area contributed by atoms with E-state index in [1.54, 1.807) is 30.3 Å². The van der Waals surface area contributed by atoms with Gasteiger partial charge in [0.1, 0.15) is 5.25 Å². The van der Waals surface area contributed by atoms with Crippen molar-refractivity contribution in [3.63, 3.8) is 0 Å².